The van der Waals surface area contributed by atoms with E-state index in [0.29, 0.717) is 39.5 Å². The van der Waals surface area contributed by atoms with Crippen molar-refractivity contribution in [3.8, 4) is 5.75 Å². The molecule has 0 saturated carbocycles. The number of ether oxygens (including phenoxy) is 1. The number of aromatic nitrogens is 3. The van der Waals surface area contributed by atoms with E-state index in [0.717, 1.165) is 5.56 Å². The fraction of sp³-hybridized carbons (Fsp3) is 0.360. The van der Waals surface area contributed by atoms with Gasteiger partial charge in [0, 0.05) is 22.8 Å². The Kier molecular flexibility index (Phi) is 9.17. The lowest BCUT2D eigenvalue weighted by Crippen LogP contribution is -2.33. The number of benzene rings is 2. The number of hydrogen-bond acceptors (Lipinski definition) is 6. The van der Waals surface area contributed by atoms with Gasteiger partial charge >= 0.3 is 0 Å². The van der Waals surface area contributed by atoms with Gasteiger partial charge in [0.25, 0.3) is 5.91 Å². The standard InChI is InChI=1S/C25H30ClN5O3S/c1-6-31-23(22(15(2)3)28-24(33)17-10-12-18(34-5)13-11-17)29-30-25(31)35-14-21(32)27-20-9-7-8-19(26)16(20)4/h7-13,15,22H,6,14H2,1-5H3,(H,27,32)(H,28,33)/t22-/m0/s1. The van der Waals surface area contributed by atoms with Gasteiger partial charge in [-0.15, -0.1) is 10.2 Å². The third-order valence-corrected chi connectivity index (χ3v) is 6.90. The van der Waals surface area contributed by atoms with Crippen LogP contribution in [-0.4, -0.2) is 39.4 Å². The van der Waals surface area contributed by atoms with Crippen LogP contribution in [0.1, 0.15) is 48.6 Å². The first kappa shape index (κ1) is 26.6. The summed E-state index contributed by atoms with van der Waals surface area (Å²) in [6, 6.07) is 12.0. The summed E-state index contributed by atoms with van der Waals surface area (Å²) in [4.78, 5) is 25.4. The molecule has 2 N–H and O–H groups in total. The van der Waals surface area contributed by atoms with E-state index < -0.39 is 0 Å². The smallest absolute Gasteiger partial charge is 0.251 e. The van der Waals surface area contributed by atoms with Crippen LogP contribution in [0.15, 0.2) is 47.6 Å². The Hall–Kier alpha value is -3.04. The zero-order valence-corrected chi connectivity index (χ0v) is 22.0. The van der Waals surface area contributed by atoms with Crippen LogP contribution in [0.5, 0.6) is 5.75 Å². The number of carbonyl (C=O) groups is 2. The molecule has 0 aliphatic rings. The number of hydrogen-bond donors (Lipinski definition) is 2. The highest BCUT2D eigenvalue weighted by Crippen LogP contribution is 2.27. The molecule has 35 heavy (non-hydrogen) atoms. The molecule has 186 valence electrons. The van der Waals surface area contributed by atoms with Gasteiger partial charge in [-0.25, -0.2) is 0 Å². The van der Waals surface area contributed by atoms with E-state index in [-0.39, 0.29) is 29.5 Å². The number of rotatable bonds is 10. The predicted molar refractivity (Wildman–Crippen MR) is 139 cm³/mol. The number of methoxy groups -OCH3 is 1. The lowest BCUT2D eigenvalue weighted by Gasteiger charge is -2.22. The van der Waals surface area contributed by atoms with Crippen LogP contribution in [0, 0.1) is 12.8 Å². The van der Waals surface area contributed by atoms with E-state index >= 15 is 0 Å². The number of halogens is 1. The van der Waals surface area contributed by atoms with Crippen LogP contribution in [0.2, 0.25) is 5.02 Å². The lowest BCUT2D eigenvalue weighted by atomic mass is 10.0. The maximum Gasteiger partial charge on any atom is 0.251 e. The monoisotopic (exact) mass is 515 g/mol. The van der Waals surface area contributed by atoms with Crippen LogP contribution < -0.4 is 15.4 Å². The highest BCUT2D eigenvalue weighted by Gasteiger charge is 2.26. The molecule has 0 fully saturated rings. The minimum Gasteiger partial charge on any atom is -0.497 e. The molecule has 8 nitrogen and oxygen atoms in total. The number of amides is 2. The van der Waals surface area contributed by atoms with Crippen LogP contribution in [0.3, 0.4) is 0 Å². The van der Waals surface area contributed by atoms with Crippen molar-refractivity contribution in [1.82, 2.24) is 20.1 Å². The van der Waals surface area contributed by atoms with E-state index in [4.69, 9.17) is 16.3 Å². The molecule has 0 aliphatic carbocycles. The summed E-state index contributed by atoms with van der Waals surface area (Å²) < 4.78 is 7.10. The summed E-state index contributed by atoms with van der Waals surface area (Å²) in [7, 11) is 1.58. The zero-order chi connectivity index (χ0) is 25.5. The van der Waals surface area contributed by atoms with Gasteiger partial charge in [0.15, 0.2) is 11.0 Å². The average molecular weight is 516 g/mol. The summed E-state index contributed by atoms with van der Waals surface area (Å²) in [5.74, 6) is 1.19. The number of thioether (sulfide) groups is 1. The minimum atomic E-state index is -0.352. The van der Waals surface area contributed by atoms with E-state index in [9.17, 15) is 9.59 Å². The first-order valence-electron chi connectivity index (χ1n) is 11.3. The molecule has 0 aliphatic heterocycles. The normalized spacial score (nSPS) is 11.9. The van der Waals surface area contributed by atoms with Gasteiger partial charge in [0.05, 0.1) is 18.9 Å². The van der Waals surface area contributed by atoms with E-state index in [1.54, 1.807) is 43.5 Å². The maximum atomic E-state index is 12.9. The van der Waals surface area contributed by atoms with Gasteiger partial charge in [0.1, 0.15) is 5.75 Å². The molecule has 0 saturated heterocycles. The summed E-state index contributed by atoms with van der Waals surface area (Å²) in [5, 5.41) is 15.9. The van der Waals surface area contributed by atoms with E-state index in [1.807, 2.05) is 38.3 Å². The number of carbonyl (C=O) groups excluding carboxylic acids is 2. The molecule has 2 amide bonds. The molecule has 2 aromatic carbocycles. The second kappa shape index (κ2) is 12.1. The number of anilines is 1. The van der Waals surface area contributed by atoms with E-state index in [2.05, 4.69) is 20.8 Å². The van der Waals surface area contributed by atoms with Gasteiger partial charge < -0.3 is 19.9 Å². The van der Waals surface area contributed by atoms with Crippen molar-refractivity contribution in [2.45, 2.75) is 45.4 Å². The molecule has 0 unspecified atom stereocenters. The first-order chi connectivity index (χ1) is 16.7. The fourth-order valence-corrected chi connectivity index (χ4v) is 4.47. The third-order valence-electron chi connectivity index (χ3n) is 5.52. The Morgan fingerprint density at radius 1 is 1.14 bits per heavy atom. The second-order valence-electron chi connectivity index (χ2n) is 8.26. The fourth-order valence-electron chi connectivity index (χ4n) is 3.49. The number of nitrogens with one attached hydrogen (secondary N) is 2. The van der Waals surface area contributed by atoms with Crippen LogP contribution in [0.25, 0.3) is 0 Å². The Bertz CT molecular complexity index is 1180. The van der Waals surface area contributed by atoms with Gasteiger partial charge in [0.2, 0.25) is 5.91 Å². The van der Waals surface area contributed by atoms with Crippen LogP contribution in [0.4, 0.5) is 5.69 Å². The molecule has 3 aromatic rings. The van der Waals surface area contributed by atoms with Crippen molar-refractivity contribution in [3.05, 3.63) is 64.4 Å². The summed E-state index contributed by atoms with van der Waals surface area (Å²) >= 11 is 7.44. The van der Waals surface area contributed by atoms with Crippen molar-refractivity contribution >= 4 is 40.9 Å². The Labute approximate surface area is 214 Å². The molecule has 1 heterocycles. The molecular formula is C25H30ClN5O3S. The lowest BCUT2D eigenvalue weighted by molar-refractivity contribution is -0.113. The quantitative estimate of drug-likeness (QED) is 0.363. The van der Waals surface area contributed by atoms with Crippen LogP contribution >= 0.6 is 23.4 Å². The predicted octanol–water partition coefficient (Wildman–Crippen LogP) is 5.13. The SMILES string of the molecule is CCn1c(SCC(=O)Nc2cccc(Cl)c2C)nnc1[C@@H](NC(=O)c1ccc(OC)cc1)C(C)C. The summed E-state index contributed by atoms with van der Waals surface area (Å²) in [5.41, 5.74) is 2.03. The third kappa shape index (κ3) is 6.55. The number of nitrogens with zero attached hydrogens (tertiary/aromatic N) is 3. The Morgan fingerprint density at radius 2 is 1.86 bits per heavy atom. The topological polar surface area (TPSA) is 98.1 Å². The van der Waals surface area contributed by atoms with Gasteiger partial charge in [-0.05, 0) is 61.7 Å². The average Bonchev–Trinajstić information content (AvgIpc) is 3.26. The Balaban J connectivity index is 1.71. The molecule has 1 aromatic heterocycles. The van der Waals surface area contributed by atoms with Gasteiger partial charge in [-0.2, -0.15) is 0 Å². The molecule has 0 radical (unpaired) electrons. The van der Waals surface area contributed by atoms with E-state index in [1.165, 1.54) is 11.8 Å². The highest BCUT2D eigenvalue weighted by atomic mass is 35.5. The van der Waals surface area contributed by atoms with Crippen LogP contribution in [-0.2, 0) is 11.3 Å². The largest absolute Gasteiger partial charge is 0.497 e. The summed E-state index contributed by atoms with van der Waals surface area (Å²) in [6.45, 7) is 8.47. The zero-order valence-electron chi connectivity index (χ0n) is 20.5. The molecule has 1 atom stereocenters. The maximum absolute atomic E-state index is 12.9. The highest BCUT2D eigenvalue weighted by molar-refractivity contribution is 7.99. The Morgan fingerprint density at radius 3 is 2.49 bits per heavy atom. The molecular weight excluding hydrogens is 486 g/mol. The molecule has 0 bridgehead atoms. The molecule has 0 spiro atoms. The van der Waals surface area contributed by atoms with Crippen molar-refractivity contribution in [2.24, 2.45) is 5.92 Å². The van der Waals surface area contributed by atoms with Gasteiger partial charge in [-0.3, -0.25) is 9.59 Å². The van der Waals surface area contributed by atoms with Crippen molar-refractivity contribution in [3.63, 3.8) is 0 Å². The van der Waals surface area contributed by atoms with Crippen molar-refractivity contribution in [2.75, 3.05) is 18.2 Å². The summed E-state index contributed by atoms with van der Waals surface area (Å²) in [6.07, 6.45) is 0. The molecule has 3 rings (SSSR count). The molecule has 10 heteroatoms. The minimum absolute atomic E-state index is 0.0682. The van der Waals surface area contributed by atoms with Crippen molar-refractivity contribution < 1.29 is 14.3 Å². The first-order valence-corrected chi connectivity index (χ1v) is 12.7. The van der Waals surface area contributed by atoms with Gasteiger partial charge in [-0.1, -0.05) is 43.3 Å². The second-order valence-corrected chi connectivity index (χ2v) is 9.61. The van der Waals surface area contributed by atoms with Crippen molar-refractivity contribution in [1.29, 1.82) is 0 Å².